The van der Waals surface area contributed by atoms with Crippen molar-refractivity contribution in [3.63, 3.8) is 0 Å². The van der Waals surface area contributed by atoms with Crippen LogP contribution < -0.4 is 5.73 Å². The van der Waals surface area contributed by atoms with Crippen LogP contribution in [-0.2, 0) is 17.8 Å². The Hall–Kier alpha value is -2.20. The molecule has 2 rings (SSSR count). The molecule has 0 aliphatic carbocycles. The summed E-state index contributed by atoms with van der Waals surface area (Å²) >= 11 is 0. The molecule has 0 bridgehead atoms. The van der Waals surface area contributed by atoms with Gasteiger partial charge in [-0.3, -0.25) is 4.79 Å². The number of hydrogen-bond acceptors (Lipinski definition) is 2. The first kappa shape index (κ1) is 13.2. The Bertz CT molecular complexity index is 611. The van der Waals surface area contributed by atoms with Crippen molar-refractivity contribution in [2.45, 2.75) is 13.0 Å². The molecule has 98 valence electrons. The molecule has 2 aromatic carbocycles. The van der Waals surface area contributed by atoms with E-state index < -0.39 is 11.7 Å². The van der Waals surface area contributed by atoms with Gasteiger partial charge < -0.3 is 10.8 Å². The van der Waals surface area contributed by atoms with Crippen LogP contribution in [0.15, 0.2) is 42.5 Å². The molecule has 0 saturated heterocycles. The molecule has 2 aromatic rings. The van der Waals surface area contributed by atoms with Gasteiger partial charge in [0.05, 0.1) is 13.0 Å². The van der Waals surface area contributed by atoms with E-state index in [1.165, 1.54) is 12.1 Å². The summed E-state index contributed by atoms with van der Waals surface area (Å²) < 4.78 is 13.5. The molecule has 0 atom stereocenters. The van der Waals surface area contributed by atoms with Crippen LogP contribution in [-0.4, -0.2) is 11.0 Å². The Balaban J connectivity index is 2.43. The fourth-order valence-corrected chi connectivity index (χ4v) is 1.97. The molecule has 19 heavy (non-hydrogen) atoms. The summed E-state index contributed by atoms with van der Waals surface area (Å²) in [6.45, 7) is -0.0721. The predicted molar refractivity (Wildman–Crippen MR) is 70.7 cm³/mol. The van der Waals surface area contributed by atoms with Crippen molar-refractivity contribution in [3.8, 4) is 11.1 Å². The summed E-state index contributed by atoms with van der Waals surface area (Å²) in [7, 11) is 0. The third-order valence-electron chi connectivity index (χ3n) is 2.78. The number of rotatable bonds is 4. The first-order valence-electron chi connectivity index (χ1n) is 5.86. The number of carbonyl (C=O) groups excluding carboxylic acids is 1. The van der Waals surface area contributed by atoms with Crippen LogP contribution in [0.25, 0.3) is 11.1 Å². The smallest absolute Gasteiger partial charge is 0.221 e. The number of primary amides is 1. The van der Waals surface area contributed by atoms with Crippen LogP contribution in [0.1, 0.15) is 11.1 Å². The normalized spacial score (nSPS) is 10.4. The Morgan fingerprint density at radius 2 is 1.84 bits per heavy atom. The number of halogens is 1. The van der Waals surface area contributed by atoms with Crippen molar-refractivity contribution in [3.05, 3.63) is 59.4 Å². The van der Waals surface area contributed by atoms with Gasteiger partial charge in [0.1, 0.15) is 5.82 Å². The molecule has 3 nitrogen and oxygen atoms in total. The second-order valence-corrected chi connectivity index (χ2v) is 4.35. The van der Waals surface area contributed by atoms with Gasteiger partial charge in [-0.25, -0.2) is 4.39 Å². The lowest BCUT2D eigenvalue weighted by molar-refractivity contribution is -0.117. The molecule has 0 aliphatic heterocycles. The largest absolute Gasteiger partial charge is 0.392 e. The predicted octanol–water partition coefficient (Wildman–Crippen LogP) is 2.01. The molecule has 0 saturated carbocycles. The van der Waals surface area contributed by atoms with Crippen molar-refractivity contribution in [1.82, 2.24) is 0 Å². The van der Waals surface area contributed by atoms with E-state index in [4.69, 9.17) is 10.8 Å². The minimum absolute atomic E-state index is 0.00442. The molecule has 1 amide bonds. The highest BCUT2D eigenvalue weighted by Gasteiger charge is 2.06. The first-order chi connectivity index (χ1) is 9.08. The molecule has 0 heterocycles. The van der Waals surface area contributed by atoms with Gasteiger partial charge in [-0.15, -0.1) is 0 Å². The van der Waals surface area contributed by atoms with Crippen LogP contribution in [0.4, 0.5) is 4.39 Å². The second kappa shape index (κ2) is 5.63. The van der Waals surface area contributed by atoms with Crippen molar-refractivity contribution < 1.29 is 14.3 Å². The Morgan fingerprint density at radius 3 is 2.53 bits per heavy atom. The van der Waals surface area contributed by atoms with E-state index in [2.05, 4.69) is 0 Å². The van der Waals surface area contributed by atoms with Gasteiger partial charge in [0.25, 0.3) is 0 Å². The summed E-state index contributed by atoms with van der Waals surface area (Å²) in [4.78, 5) is 10.9. The van der Waals surface area contributed by atoms with E-state index in [0.29, 0.717) is 11.1 Å². The van der Waals surface area contributed by atoms with Crippen molar-refractivity contribution >= 4 is 5.91 Å². The molecule has 3 N–H and O–H groups in total. The molecule has 0 unspecified atom stereocenters. The highest BCUT2D eigenvalue weighted by Crippen LogP contribution is 2.23. The molecule has 4 heteroatoms. The third kappa shape index (κ3) is 3.39. The van der Waals surface area contributed by atoms with Crippen LogP contribution in [0, 0.1) is 5.82 Å². The van der Waals surface area contributed by atoms with Crippen LogP contribution in [0.2, 0.25) is 0 Å². The fourth-order valence-electron chi connectivity index (χ4n) is 1.97. The maximum absolute atomic E-state index is 13.5. The fraction of sp³-hybridized carbons (Fsp3) is 0.133. The van der Waals surface area contributed by atoms with Gasteiger partial charge in [0.2, 0.25) is 5.91 Å². The Morgan fingerprint density at radius 1 is 1.11 bits per heavy atom. The molecule has 0 fully saturated rings. The zero-order valence-electron chi connectivity index (χ0n) is 10.3. The number of hydrogen-bond donors (Lipinski definition) is 2. The monoisotopic (exact) mass is 259 g/mol. The zero-order valence-corrected chi connectivity index (χ0v) is 10.3. The molecule has 0 aromatic heterocycles. The highest BCUT2D eigenvalue weighted by atomic mass is 19.1. The van der Waals surface area contributed by atoms with Crippen molar-refractivity contribution in [1.29, 1.82) is 0 Å². The van der Waals surface area contributed by atoms with Crippen LogP contribution in [0.3, 0.4) is 0 Å². The SMILES string of the molecule is NC(=O)Cc1cc(F)cc(-c2cccc(CO)c2)c1. The number of aliphatic hydroxyl groups is 1. The summed E-state index contributed by atoms with van der Waals surface area (Å²) in [5.74, 6) is -0.913. The Kier molecular flexibility index (Phi) is 3.92. The maximum Gasteiger partial charge on any atom is 0.221 e. The number of amides is 1. The summed E-state index contributed by atoms with van der Waals surface area (Å²) in [5, 5.41) is 9.10. The molecule has 0 radical (unpaired) electrons. The maximum atomic E-state index is 13.5. The lowest BCUT2D eigenvalue weighted by atomic mass is 10.00. The van der Waals surface area contributed by atoms with Crippen LogP contribution >= 0.6 is 0 Å². The first-order valence-corrected chi connectivity index (χ1v) is 5.86. The van der Waals surface area contributed by atoms with E-state index in [1.807, 2.05) is 6.07 Å². The average Bonchev–Trinajstić information content (AvgIpc) is 2.37. The van der Waals surface area contributed by atoms with Gasteiger partial charge in [0.15, 0.2) is 0 Å². The van der Waals surface area contributed by atoms with Gasteiger partial charge in [0, 0.05) is 0 Å². The zero-order chi connectivity index (χ0) is 13.8. The number of aliphatic hydroxyl groups excluding tert-OH is 1. The van der Waals surface area contributed by atoms with E-state index in [0.717, 1.165) is 11.1 Å². The standard InChI is InChI=1S/C15H14FNO2/c16-14-6-11(7-15(17)19)5-13(8-14)12-3-1-2-10(4-12)9-18/h1-6,8,18H,7,9H2,(H2,17,19). The lowest BCUT2D eigenvalue weighted by Gasteiger charge is -2.07. The molecule has 0 aliphatic rings. The number of carbonyl (C=O) groups is 1. The lowest BCUT2D eigenvalue weighted by Crippen LogP contribution is -2.13. The third-order valence-corrected chi connectivity index (χ3v) is 2.78. The highest BCUT2D eigenvalue weighted by molar-refractivity contribution is 5.77. The van der Waals surface area contributed by atoms with E-state index >= 15 is 0 Å². The molecular weight excluding hydrogens is 245 g/mol. The number of nitrogens with two attached hydrogens (primary N) is 1. The van der Waals surface area contributed by atoms with E-state index in [1.54, 1.807) is 24.3 Å². The summed E-state index contributed by atoms with van der Waals surface area (Å²) in [6.07, 6.45) is 0.00442. The quantitative estimate of drug-likeness (QED) is 0.882. The molecular formula is C15H14FNO2. The van der Waals surface area contributed by atoms with Gasteiger partial charge in [-0.1, -0.05) is 24.3 Å². The van der Waals surface area contributed by atoms with Crippen molar-refractivity contribution in [2.24, 2.45) is 5.73 Å². The van der Waals surface area contributed by atoms with Gasteiger partial charge in [-0.2, -0.15) is 0 Å². The van der Waals surface area contributed by atoms with Gasteiger partial charge in [-0.05, 0) is 40.5 Å². The average molecular weight is 259 g/mol. The van der Waals surface area contributed by atoms with E-state index in [9.17, 15) is 9.18 Å². The number of benzene rings is 2. The molecule has 0 spiro atoms. The summed E-state index contributed by atoms with van der Waals surface area (Å²) in [6, 6.07) is 11.6. The minimum Gasteiger partial charge on any atom is -0.392 e. The Labute approximate surface area is 110 Å². The topological polar surface area (TPSA) is 63.3 Å². The summed E-state index contributed by atoms with van der Waals surface area (Å²) in [5.41, 5.74) is 7.85. The second-order valence-electron chi connectivity index (χ2n) is 4.35. The van der Waals surface area contributed by atoms with Gasteiger partial charge >= 0.3 is 0 Å². The minimum atomic E-state index is -0.499. The van der Waals surface area contributed by atoms with E-state index in [-0.39, 0.29) is 13.0 Å². The van der Waals surface area contributed by atoms with Crippen molar-refractivity contribution in [2.75, 3.05) is 0 Å². The van der Waals surface area contributed by atoms with Crippen LogP contribution in [0.5, 0.6) is 0 Å².